The molecule has 8 heteroatoms. The highest BCUT2D eigenvalue weighted by atomic mass is 35.5. The third-order valence-electron chi connectivity index (χ3n) is 2.65. The average Bonchev–Trinajstić information content (AvgIpc) is 2.29. The van der Waals surface area contributed by atoms with Gasteiger partial charge in [-0.2, -0.15) is 0 Å². The first-order valence-corrected chi connectivity index (χ1v) is 7.33. The summed E-state index contributed by atoms with van der Waals surface area (Å²) in [6.45, 7) is 12.5. The maximum Gasteiger partial charge on any atom is 0.328 e. The third-order valence-corrected chi connectivity index (χ3v) is 2.65. The number of amides is 1. The van der Waals surface area contributed by atoms with Crippen LogP contribution in [-0.2, 0) is 19.1 Å². The lowest BCUT2D eigenvalue weighted by Crippen LogP contribution is -2.55. The molecule has 0 fully saturated rings. The molecule has 1 amide bonds. The zero-order valence-electron chi connectivity index (χ0n) is 15.0. The van der Waals surface area contributed by atoms with E-state index < -0.39 is 41.3 Å². The Balaban J connectivity index is 0. The highest BCUT2D eigenvalue weighted by Gasteiger charge is 2.30. The van der Waals surface area contributed by atoms with Gasteiger partial charge in [-0.25, -0.2) is 4.79 Å². The summed E-state index contributed by atoms with van der Waals surface area (Å²) in [7, 11) is 0. The minimum atomic E-state index is -1.17. The number of nitrogens with two attached hydrogens (primary N) is 1. The number of hydrogen-bond donors (Lipinski definition) is 3. The van der Waals surface area contributed by atoms with Gasteiger partial charge in [-0.05, 0) is 48.5 Å². The Labute approximate surface area is 144 Å². The summed E-state index contributed by atoms with van der Waals surface area (Å²) < 4.78 is 11.0. The minimum Gasteiger partial charge on any atom is -0.480 e. The van der Waals surface area contributed by atoms with Gasteiger partial charge in [0.1, 0.15) is 6.04 Å². The summed E-state index contributed by atoms with van der Waals surface area (Å²) in [4.78, 5) is 23.3. The van der Waals surface area contributed by atoms with Crippen molar-refractivity contribution in [3.8, 4) is 0 Å². The fourth-order valence-corrected chi connectivity index (χ4v) is 1.62. The van der Waals surface area contributed by atoms with Crippen molar-refractivity contribution in [2.75, 3.05) is 6.61 Å². The highest BCUT2D eigenvalue weighted by molar-refractivity contribution is 5.87. The first kappa shape index (κ1) is 24.4. The molecule has 0 unspecified atom stereocenters. The predicted octanol–water partition coefficient (Wildman–Crippen LogP) is 1.32. The molecule has 7 nitrogen and oxygen atoms in total. The van der Waals surface area contributed by atoms with E-state index in [1.807, 2.05) is 20.8 Å². The molecule has 0 aromatic carbocycles. The zero-order chi connectivity index (χ0) is 17.7. The van der Waals surface area contributed by atoms with Crippen LogP contribution in [0.3, 0.4) is 0 Å². The Hall–Kier alpha value is -0.890. The molecule has 0 rings (SSSR count). The van der Waals surface area contributed by atoms with Crippen molar-refractivity contribution in [3.63, 3.8) is 0 Å². The molecule has 0 radical (unpaired) electrons. The summed E-state index contributed by atoms with van der Waals surface area (Å²) in [5.74, 6) is -1.75. The van der Waals surface area contributed by atoms with Crippen LogP contribution in [0.5, 0.6) is 0 Å². The molecule has 4 N–H and O–H groups in total. The molecule has 0 aliphatic heterocycles. The van der Waals surface area contributed by atoms with Crippen molar-refractivity contribution in [1.82, 2.24) is 5.32 Å². The van der Waals surface area contributed by atoms with Crippen molar-refractivity contribution in [2.24, 2.45) is 5.73 Å². The van der Waals surface area contributed by atoms with Crippen molar-refractivity contribution >= 4 is 24.3 Å². The van der Waals surface area contributed by atoms with E-state index in [4.69, 9.17) is 20.3 Å². The summed E-state index contributed by atoms with van der Waals surface area (Å²) >= 11 is 0. The predicted molar refractivity (Wildman–Crippen MR) is 90.8 cm³/mol. The van der Waals surface area contributed by atoms with Crippen LogP contribution in [0.4, 0.5) is 0 Å². The first-order valence-electron chi connectivity index (χ1n) is 7.33. The summed E-state index contributed by atoms with van der Waals surface area (Å²) in [5, 5.41) is 11.5. The van der Waals surface area contributed by atoms with Crippen LogP contribution >= 0.6 is 12.4 Å². The number of ether oxygens (including phenoxy) is 2. The van der Waals surface area contributed by atoms with E-state index in [0.29, 0.717) is 0 Å². The molecule has 0 aromatic rings. The number of hydrogen-bond acceptors (Lipinski definition) is 5. The lowest BCUT2D eigenvalue weighted by atomic mass is 10.1. The topological polar surface area (TPSA) is 111 Å². The van der Waals surface area contributed by atoms with Gasteiger partial charge in [0.25, 0.3) is 0 Å². The van der Waals surface area contributed by atoms with Gasteiger partial charge in [0.05, 0.1) is 23.9 Å². The molecule has 23 heavy (non-hydrogen) atoms. The summed E-state index contributed by atoms with van der Waals surface area (Å²) in [5.41, 5.74) is 4.89. The standard InChI is InChI=1S/C15H30N2O5.ClH/c1-9(22-15(5,6)7)11(16)12(18)17-10(13(19)20)8-21-14(2,3)4;/h9-11H,8,16H2,1-7H3,(H,17,18)(H,19,20);1H/t9-,10+,11+;/m1./s1. The normalized spacial score (nSPS) is 16.0. The van der Waals surface area contributed by atoms with Crippen molar-refractivity contribution in [2.45, 2.75) is 77.9 Å². The molecule has 0 saturated heterocycles. The van der Waals surface area contributed by atoms with Crippen molar-refractivity contribution in [1.29, 1.82) is 0 Å². The van der Waals surface area contributed by atoms with Gasteiger partial charge in [-0.15, -0.1) is 12.4 Å². The molecule has 3 atom stereocenters. The van der Waals surface area contributed by atoms with Gasteiger partial charge in [-0.3, -0.25) is 4.79 Å². The summed E-state index contributed by atoms with van der Waals surface area (Å²) in [6.07, 6.45) is -0.544. The Morgan fingerprint density at radius 2 is 1.61 bits per heavy atom. The van der Waals surface area contributed by atoms with Crippen LogP contribution in [0.15, 0.2) is 0 Å². The van der Waals surface area contributed by atoms with E-state index in [9.17, 15) is 9.59 Å². The molecule has 0 spiro atoms. The Morgan fingerprint density at radius 1 is 1.13 bits per heavy atom. The van der Waals surface area contributed by atoms with Crippen LogP contribution in [-0.4, -0.2) is 53.0 Å². The molecule has 0 aromatic heterocycles. The number of halogens is 1. The Kier molecular flexibility index (Phi) is 9.97. The van der Waals surface area contributed by atoms with E-state index in [-0.39, 0.29) is 19.0 Å². The van der Waals surface area contributed by atoms with Gasteiger partial charge in [0, 0.05) is 0 Å². The van der Waals surface area contributed by atoms with Gasteiger partial charge < -0.3 is 25.6 Å². The van der Waals surface area contributed by atoms with E-state index in [2.05, 4.69) is 5.32 Å². The lowest BCUT2D eigenvalue weighted by Gasteiger charge is -2.29. The monoisotopic (exact) mass is 354 g/mol. The second kappa shape index (κ2) is 9.42. The van der Waals surface area contributed by atoms with E-state index in [1.54, 1.807) is 27.7 Å². The number of nitrogens with one attached hydrogen (secondary N) is 1. The number of carbonyl (C=O) groups excluding carboxylic acids is 1. The fraction of sp³-hybridized carbons (Fsp3) is 0.867. The Bertz CT molecular complexity index is 390. The number of rotatable bonds is 7. The Morgan fingerprint density at radius 3 is 1.96 bits per heavy atom. The highest BCUT2D eigenvalue weighted by Crippen LogP contribution is 2.12. The van der Waals surface area contributed by atoms with E-state index >= 15 is 0 Å². The van der Waals surface area contributed by atoms with Gasteiger partial charge in [-0.1, -0.05) is 0 Å². The molecule has 0 bridgehead atoms. The number of aliphatic carboxylic acids is 1. The van der Waals surface area contributed by atoms with E-state index in [0.717, 1.165) is 0 Å². The fourth-order valence-electron chi connectivity index (χ4n) is 1.62. The second-order valence-electron chi connectivity index (χ2n) is 7.28. The molecule has 0 aliphatic rings. The minimum absolute atomic E-state index is 0. The number of carboxylic acids is 1. The smallest absolute Gasteiger partial charge is 0.328 e. The maximum atomic E-state index is 12.1. The number of carbonyl (C=O) groups is 2. The quantitative estimate of drug-likeness (QED) is 0.636. The first-order chi connectivity index (χ1) is 9.73. The third kappa shape index (κ3) is 11.3. The van der Waals surface area contributed by atoms with Gasteiger partial charge >= 0.3 is 5.97 Å². The van der Waals surface area contributed by atoms with E-state index in [1.165, 1.54) is 0 Å². The van der Waals surface area contributed by atoms with Crippen LogP contribution < -0.4 is 11.1 Å². The van der Waals surface area contributed by atoms with Crippen LogP contribution in [0.25, 0.3) is 0 Å². The molecule has 0 saturated carbocycles. The van der Waals surface area contributed by atoms with Crippen LogP contribution in [0, 0.1) is 0 Å². The van der Waals surface area contributed by atoms with Crippen molar-refractivity contribution < 1.29 is 24.2 Å². The molecule has 138 valence electrons. The number of carboxylic acid groups (broad SMARTS) is 1. The molecular formula is C15H31ClN2O5. The van der Waals surface area contributed by atoms with Gasteiger partial charge in [0.2, 0.25) is 5.91 Å². The zero-order valence-corrected chi connectivity index (χ0v) is 15.8. The summed E-state index contributed by atoms with van der Waals surface area (Å²) in [6, 6.07) is -2.12. The van der Waals surface area contributed by atoms with Crippen LogP contribution in [0.1, 0.15) is 48.5 Å². The van der Waals surface area contributed by atoms with Gasteiger partial charge in [0.15, 0.2) is 6.04 Å². The molecular weight excluding hydrogens is 324 g/mol. The lowest BCUT2D eigenvalue weighted by molar-refractivity contribution is -0.146. The molecule has 0 heterocycles. The molecule has 0 aliphatic carbocycles. The largest absolute Gasteiger partial charge is 0.480 e. The van der Waals surface area contributed by atoms with Crippen molar-refractivity contribution in [3.05, 3.63) is 0 Å². The van der Waals surface area contributed by atoms with Crippen LogP contribution in [0.2, 0.25) is 0 Å². The second-order valence-corrected chi connectivity index (χ2v) is 7.28. The maximum absolute atomic E-state index is 12.1. The SMILES string of the molecule is C[C@@H](OC(C)(C)C)[C@H](N)C(=O)N[C@@H](COC(C)(C)C)C(=O)O.Cl. The average molecular weight is 355 g/mol.